The van der Waals surface area contributed by atoms with Crippen molar-refractivity contribution >= 4 is 41.2 Å². The van der Waals surface area contributed by atoms with Crippen LogP contribution in [-0.4, -0.2) is 101 Å². The lowest BCUT2D eigenvalue weighted by molar-refractivity contribution is -0.790. The van der Waals surface area contributed by atoms with Crippen LogP contribution in [0.4, 0.5) is 17.7 Å². The van der Waals surface area contributed by atoms with Gasteiger partial charge in [0, 0.05) is 38.7 Å². The molecule has 21 heteroatoms. The van der Waals surface area contributed by atoms with Crippen LogP contribution in [0.2, 0.25) is 5.02 Å². The Bertz CT molecular complexity index is 1640. The minimum Gasteiger partial charge on any atom is -0.495 e. The van der Waals surface area contributed by atoms with Gasteiger partial charge in [-0.15, -0.1) is 20.2 Å². The average Bonchev–Trinajstić information content (AvgIpc) is 3.58. The summed E-state index contributed by atoms with van der Waals surface area (Å²) in [6.45, 7) is -0.500. The highest BCUT2D eigenvalue weighted by Crippen LogP contribution is 2.28. The summed E-state index contributed by atoms with van der Waals surface area (Å²) in [5, 5.41) is 22.3. The molecule has 268 valence electrons. The van der Waals surface area contributed by atoms with Gasteiger partial charge in [-0.2, -0.15) is 4.98 Å². The zero-order valence-corrected chi connectivity index (χ0v) is 27.8. The second kappa shape index (κ2) is 18.2. The molecular weight excluding hydrogens is 686 g/mol. The van der Waals surface area contributed by atoms with Crippen LogP contribution in [0.3, 0.4) is 0 Å². The van der Waals surface area contributed by atoms with Crippen LogP contribution in [0.5, 0.6) is 5.75 Å². The predicted molar refractivity (Wildman–Crippen MR) is 174 cm³/mol. The highest BCUT2D eigenvalue weighted by Gasteiger charge is 2.30. The van der Waals surface area contributed by atoms with E-state index in [4.69, 9.17) is 30.8 Å². The number of nitrogens with one attached hydrogen (secondary N) is 1. The fourth-order valence-electron chi connectivity index (χ4n) is 4.82. The second-order valence-electron chi connectivity index (χ2n) is 10.6. The number of esters is 1. The third kappa shape index (κ3) is 10.7. The van der Waals surface area contributed by atoms with E-state index in [2.05, 4.69) is 29.9 Å². The molecule has 1 fully saturated rings. The summed E-state index contributed by atoms with van der Waals surface area (Å²) in [7, 11) is 3.06. The third-order valence-electron chi connectivity index (χ3n) is 7.27. The van der Waals surface area contributed by atoms with Crippen LogP contribution >= 0.6 is 11.6 Å². The molecule has 1 aliphatic heterocycles. The zero-order chi connectivity index (χ0) is 36.0. The highest BCUT2D eigenvalue weighted by molar-refractivity contribution is 6.32. The molecule has 3 aromatic rings. The van der Waals surface area contributed by atoms with Crippen molar-refractivity contribution in [2.24, 2.45) is 0 Å². The van der Waals surface area contributed by atoms with Crippen molar-refractivity contribution in [2.75, 3.05) is 62.2 Å². The first-order valence-electron chi connectivity index (χ1n) is 15.1. The number of amides is 1. The lowest BCUT2D eigenvalue weighted by Gasteiger charge is -2.25. The number of benzene rings is 1. The van der Waals surface area contributed by atoms with Gasteiger partial charge in [-0.05, 0) is 36.6 Å². The number of rotatable bonds is 19. The van der Waals surface area contributed by atoms with E-state index >= 15 is 0 Å². The van der Waals surface area contributed by atoms with Crippen molar-refractivity contribution in [3.63, 3.8) is 0 Å². The number of anilines is 3. The van der Waals surface area contributed by atoms with E-state index in [1.54, 1.807) is 18.2 Å². The van der Waals surface area contributed by atoms with E-state index in [0.29, 0.717) is 29.7 Å². The maximum absolute atomic E-state index is 13.6. The van der Waals surface area contributed by atoms with Crippen molar-refractivity contribution in [3.05, 3.63) is 79.2 Å². The second-order valence-corrected chi connectivity index (χ2v) is 11.0. The number of ether oxygens (including phenoxy) is 3. The summed E-state index contributed by atoms with van der Waals surface area (Å²) in [6, 6.07) is 6.66. The molecule has 1 N–H and O–H groups in total. The minimum absolute atomic E-state index is 0.00774. The van der Waals surface area contributed by atoms with Crippen molar-refractivity contribution in [3.8, 4) is 5.75 Å². The van der Waals surface area contributed by atoms with Crippen molar-refractivity contribution in [1.29, 1.82) is 0 Å². The van der Waals surface area contributed by atoms with Gasteiger partial charge < -0.3 is 34.1 Å². The minimum atomic E-state index is -1.36. The molecule has 20 nitrogen and oxygen atoms in total. The Morgan fingerprint density at radius 1 is 1.16 bits per heavy atom. The smallest absolute Gasteiger partial charge is 0.308 e. The molecular formula is C29H34ClN9O11. The lowest BCUT2D eigenvalue weighted by Crippen LogP contribution is -2.36. The molecule has 0 bridgehead atoms. The van der Waals surface area contributed by atoms with Crippen LogP contribution in [0, 0.1) is 20.2 Å². The number of carbonyl (C=O) groups is 2. The first-order chi connectivity index (χ1) is 24.0. The largest absolute Gasteiger partial charge is 0.495 e. The van der Waals surface area contributed by atoms with Gasteiger partial charge in [-0.1, -0.05) is 17.7 Å². The number of aromatic nitrogens is 4. The van der Waals surface area contributed by atoms with Gasteiger partial charge in [0.2, 0.25) is 11.9 Å². The average molecular weight is 720 g/mol. The Balaban J connectivity index is 1.41. The molecule has 0 spiro atoms. The summed E-state index contributed by atoms with van der Waals surface area (Å²) >= 11 is 6.31. The summed E-state index contributed by atoms with van der Waals surface area (Å²) in [5.74, 6) is 0.218. The number of hydrogen-bond acceptors (Lipinski definition) is 17. The van der Waals surface area contributed by atoms with Gasteiger partial charge in [-0.25, -0.2) is 15.0 Å². The van der Waals surface area contributed by atoms with Crippen LogP contribution in [-0.2, 0) is 30.5 Å². The molecule has 1 aromatic carbocycles. The van der Waals surface area contributed by atoms with E-state index in [1.165, 1.54) is 37.6 Å². The first kappa shape index (κ1) is 37.2. The van der Waals surface area contributed by atoms with Gasteiger partial charge in [0.1, 0.15) is 30.3 Å². The van der Waals surface area contributed by atoms with Crippen molar-refractivity contribution < 1.29 is 43.6 Å². The van der Waals surface area contributed by atoms with Crippen LogP contribution in [0.15, 0.2) is 42.9 Å². The van der Waals surface area contributed by atoms with E-state index in [-0.39, 0.29) is 49.6 Å². The molecule has 0 unspecified atom stereocenters. The van der Waals surface area contributed by atoms with Crippen molar-refractivity contribution in [2.45, 2.75) is 38.0 Å². The molecule has 2 atom stereocenters. The van der Waals surface area contributed by atoms with Crippen molar-refractivity contribution in [1.82, 2.24) is 19.9 Å². The van der Waals surface area contributed by atoms with E-state index in [9.17, 15) is 29.8 Å². The molecule has 1 aliphatic rings. The van der Waals surface area contributed by atoms with Gasteiger partial charge in [0.25, 0.3) is 16.1 Å². The highest BCUT2D eigenvalue weighted by atomic mass is 35.5. The molecule has 0 saturated carbocycles. The van der Waals surface area contributed by atoms with Crippen LogP contribution in [0.1, 0.15) is 35.2 Å². The number of nitrogens with zero attached hydrogens (tertiary/aromatic N) is 8. The molecule has 0 radical (unpaired) electrons. The normalized spacial score (nSPS) is 14.4. The lowest BCUT2D eigenvalue weighted by atomic mass is 10.2. The number of carbonyl (C=O) groups excluding carboxylic acids is 2. The Kier molecular flexibility index (Phi) is 13.6. The van der Waals surface area contributed by atoms with Gasteiger partial charge in [0.15, 0.2) is 6.10 Å². The zero-order valence-electron chi connectivity index (χ0n) is 27.0. The predicted octanol–water partition coefficient (Wildman–Crippen LogP) is 2.52. The van der Waals surface area contributed by atoms with Gasteiger partial charge in [0.05, 0.1) is 37.8 Å². The summed E-state index contributed by atoms with van der Waals surface area (Å²) < 4.78 is 15.9. The molecule has 50 heavy (non-hydrogen) atoms. The fraction of sp³-hybridized carbons (Fsp3) is 0.448. The topological polar surface area (TPSA) is 237 Å². The number of halogens is 1. The summed E-state index contributed by atoms with van der Waals surface area (Å²) in [4.78, 5) is 76.0. The third-order valence-corrected chi connectivity index (χ3v) is 7.56. The number of methoxy groups -OCH3 is 1. The molecule has 4 rings (SSSR count). The SMILES string of the molecule is COc1ccc(CNc2nc(N3CCC[C@H]3COC(=O)CCOC[C@@H](CO[N+](=O)[O-])O[N+](=O)[O-])ncc2C(=O)N(C)c2ncccn2)cc1Cl. The quantitative estimate of drug-likeness (QED) is 0.0810. The molecule has 2 aromatic heterocycles. The van der Waals surface area contributed by atoms with Crippen LogP contribution < -0.4 is 19.9 Å². The Morgan fingerprint density at radius 3 is 2.64 bits per heavy atom. The summed E-state index contributed by atoms with van der Waals surface area (Å²) in [5.41, 5.74) is 0.969. The van der Waals surface area contributed by atoms with E-state index in [0.717, 1.165) is 12.0 Å². The molecule has 1 saturated heterocycles. The van der Waals surface area contributed by atoms with E-state index < -0.39 is 41.4 Å². The Hall–Kier alpha value is -5.63. The maximum atomic E-state index is 13.6. The Morgan fingerprint density at radius 2 is 1.94 bits per heavy atom. The monoisotopic (exact) mass is 719 g/mol. The molecule has 3 heterocycles. The van der Waals surface area contributed by atoms with Crippen LogP contribution in [0.25, 0.3) is 0 Å². The maximum Gasteiger partial charge on any atom is 0.308 e. The standard InChI is InChI=1S/C29H34ClN9O11/c1-36(28-31-9-4-10-32-28)27(41)22-15-34-29(35-26(22)33-14-19-6-7-24(46-2)23(30)13-19)37-11-3-5-20(37)16-48-25(40)8-12-47-17-21(50-39(44)45)18-49-38(42)43/h4,6-7,9-10,13,15,20-21H,3,5,8,11-12,14,16-18H2,1-2H3,(H,33,34,35)/t20-,21-/m0/s1. The Labute approximate surface area is 289 Å². The summed E-state index contributed by atoms with van der Waals surface area (Å²) in [6.07, 6.45) is 4.34. The number of hydrogen-bond donors (Lipinski definition) is 1. The van der Waals surface area contributed by atoms with Gasteiger partial charge in [-0.3, -0.25) is 14.5 Å². The first-order valence-corrected chi connectivity index (χ1v) is 15.5. The van der Waals surface area contributed by atoms with E-state index in [1.807, 2.05) is 11.0 Å². The molecule has 1 amide bonds. The fourth-order valence-corrected chi connectivity index (χ4v) is 5.10. The molecule has 0 aliphatic carbocycles. The van der Waals surface area contributed by atoms with Gasteiger partial charge >= 0.3 is 5.97 Å².